The molecular formula is C15H26N2O. The lowest BCUT2D eigenvalue weighted by Crippen LogP contribution is -2.27. The van der Waals surface area contributed by atoms with E-state index in [0.717, 1.165) is 38.3 Å². The Morgan fingerprint density at radius 3 is 2.61 bits per heavy atom. The first-order valence-electron chi connectivity index (χ1n) is 6.91. The maximum atomic E-state index is 5.63. The Bertz CT molecular complexity index is 311. The topological polar surface area (TPSA) is 47.3 Å². The highest BCUT2D eigenvalue weighted by molar-refractivity contribution is 5.27. The normalized spacial score (nSPS) is 12.4. The van der Waals surface area contributed by atoms with E-state index in [4.69, 9.17) is 10.5 Å². The molecule has 3 N–H and O–H groups in total. The standard InChI is InChI=1S/C15H26N2O/c1-3-4-11-18-15-7-5-14(6-8-15)12-17-13(2)9-10-16/h5-8,13,17H,3-4,9-12,16H2,1-2H3. The van der Waals surface area contributed by atoms with Gasteiger partial charge in [-0.05, 0) is 44.0 Å². The van der Waals surface area contributed by atoms with Crippen LogP contribution in [-0.4, -0.2) is 19.2 Å². The van der Waals surface area contributed by atoms with Crippen molar-refractivity contribution in [3.8, 4) is 5.75 Å². The van der Waals surface area contributed by atoms with E-state index in [1.54, 1.807) is 0 Å². The van der Waals surface area contributed by atoms with E-state index >= 15 is 0 Å². The Balaban J connectivity index is 2.31. The third kappa shape index (κ3) is 6.03. The van der Waals surface area contributed by atoms with Gasteiger partial charge in [0.1, 0.15) is 5.75 Å². The molecule has 0 saturated carbocycles. The minimum Gasteiger partial charge on any atom is -0.494 e. The maximum Gasteiger partial charge on any atom is 0.119 e. The number of nitrogens with one attached hydrogen (secondary N) is 1. The van der Waals surface area contributed by atoms with E-state index in [1.165, 1.54) is 12.0 Å². The SMILES string of the molecule is CCCCOc1ccc(CNC(C)CCN)cc1. The van der Waals surface area contributed by atoms with Crippen LogP contribution in [0.3, 0.4) is 0 Å². The molecule has 0 aromatic heterocycles. The summed E-state index contributed by atoms with van der Waals surface area (Å²) in [6.45, 7) is 6.76. The van der Waals surface area contributed by atoms with Gasteiger partial charge < -0.3 is 15.8 Å². The molecule has 0 radical (unpaired) electrons. The summed E-state index contributed by atoms with van der Waals surface area (Å²) in [4.78, 5) is 0. The van der Waals surface area contributed by atoms with E-state index in [2.05, 4.69) is 31.3 Å². The fourth-order valence-corrected chi connectivity index (χ4v) is 1.68. The molecule has 0 heterocycles. The zero-order chi connectivity index (χ0) is 13.2. The molecule has 0 fully saturated rings. The predicted octanol–water partition coefficient (Wildman–Crippen LogP) is 2.69. The molecule has 18 heavy (non-hydrogen) atoms. The largest absolute Gasteiger partial charge is 0.494 e. The average Bonchev–Trinajstić information content (AvgIpc) is 2.38. The summed E-state index contributed by atoms with van der Waals surface area (Å²) >= 11 is 0. The molecule has 1 atom stereocenters. The molecule has 1 aromatic rings. The number of benzene rings is 1. The molecule has 0 spiro atoms. The molecule has 1 aromatic carbocycles. The van der Waals surface area contributed by atoms with E-state index in [0.29, 0.717) is 6.04 Å². The second kappa shape index (κ2) is 8.95. The highest BCUT2D eigenvalue weighted by Crippen LogP contribution is 2.12. The first kappa shape index (κ1) is 15.0. The van der Waals surface area contributed by atoms with Crippen molar-refractivity contribution < 1.29 is 4.74 Å². The first-order valence-corrected chi connectivity index (χ1v) is 6.91. The lowest BCUT2D eigenvalue weighted by Gasteiger charge is -2.13. The molecule has 1 unspecified atom stereocenters. The highest BCUT2D eigenvalue weighted by atomic mass is 16.5. The summed E-state index contributed by atoms with van der Waals surface area (Å²) in [7, 11) is 0. The van der Waals surface area contributed by atoms with Gasteiger partial charge >= 0.3 is 0 Å². The zero-order valence-electron chi connectivity index (χ0n) is 11.6. The average molecular weight is 250 g/mol. The van der Waals surface area contributed by atoms with Crippen molar-refractivity contribution in [2.75, 3.05) is 13.2 Å². The lowest BCUT2D eigenvalue weighted by molar-refractivity contribution is 0.309. The second-order valence-electron chi connectivity index (χ2n) is 4.71. The maximum absolute atomic E-state index is 5.63. The van der Waals surface area contributed by atoms with Gasteiger partial charge in [0.25, 0.3) is 0 Å². The molecule has 1 rings (SSSR count). The van der Waals surface area contributed by atoms with Gasteiger partial charge in [0.05, 0.1) is 6.61 Å². The van der Waals surface area contributed by atoms with Gasteiger partial charge in [-0.1, -0.05) is 25.5 Å². The lowest BCUT2D eigenvalue weighted by atomic mass is 10.2. The number of ether oxygens (including phenoxy) is 1. The van der Waals surface area contributed by atoms with Gasteiger partial charge in [0.15, 0.2) is 0 Å². The minimum absolute atomic E-state index is 0.468. The summed E-state index contributed by atoms with van der Waals surface area (Å²) in [5.41, 5.74) is 6.80. The van der Waals surface area contributed by atoms with Crippen molar-refractivity contribution in [1.29, 1.82) is 0 Å². The van der Waals surface area contributed by atoms with Gasteiger partial charge in [0.2, 0.25) is 0 Å². The molecule has 0 saturated heterocycles. The van der Waals surface area contributed by atoms with Crippen LogP contribution in [0.25, 0.3) is 0 Å². The number of nitrogens with two attached hydrogens (primary N) is 1. The monoisotopic (exact) mass is 250 g/mol. The third-order valence-corrected chi connectivity index (χ3v) is 2.94. The van der Waals surface area contributed by atoms with Crippen LogP contribution in [0.1, 0.15) is 38.7 Å². The fraction of sp³-hybridized carbons (Fsp3) is 0.600. The van der Waals surface area contributed by atoms with E-state index < -0.39 is 0 Å². The van der Waals surface area contributed by atoms with Crippen molar-refractivity contribution in [3.05, 3.63) is 29.8 Å². The molecule has 0 bridgehead atoms. The molecule has 3 heteroatoms. The molecule has 3 nitrogen and oxygen atoms in total. The van der Waals surface area contributed by atoms with Crippen LogP contribution in [0.2, 0.25) is 0 Å². The zero-order valence-corrected chi connectivity index (χ0v) is 11.6. The summed E-state index contributed by atoms with van der Waals surface area (Å²) in [5, 5.41) is 3.45. The third-order valence-electron chi connectivity index (χ3n) is 2.94. The van der Waals surface area contributed by atoms with Crippen LogP contribution in [0.15, 0.2) is 24.3 Å². The van der Waals surface area contributed by atoms with Crippen molar-refractivity contribution in [2.24, 2.45) is 5.73 Å². The Labute approximate surface area is 111 Å². The van der Waals surface area contributed by atoms with Crippen LogP contribution < -0.4 is 15.8 Å². The molecule has 102 valence electrons. The quantitative estimate of drug-likeness (QED) is 0.662. The van der Waals surface area contributed by atoms with Gasteiger partial charge in [-0.25, -0.2) is 0 Å². The van der Waals surface area contributed by atoms with E-state index in [-0.39, 0.29) is 0 Å². The molecular weight excluding hydrogens is 224 g/mol. The Morgan fingerprint density at radius 1 is 1.28 bits per heavy atom. The van der Waals surface area contributed by atoms with Crippen LogP contribution in [0.4, 0.5) is 0 Å². The fourth-order valence-electron chi connectivity index (χ4n) is 1.68. The van der Waals surface area contributed by atoms with Gasteiger partial charge in [-0.15, -0.1) is 0 Å². The smallest absolute Gasteiger partial charge is 0.119 e. The number of hydrogen-bond donors (Lipinski definition) is 2. The van der Waals surface area contributed by atoms with Gasteiger partial charge in [0, 0.05) is 12.6 Å². The van der Waals surface area contributed by atoms with Crippen LogP contribution in [-0.2, 0) is 6.54 Å². The molecule has 0 aliphatic carbocycles. The van der Waals surface area contributed by atoms with Crippen molar-refractivity contribution >= 4 is 0 Å². The number of rotatable bonds is 9. The highest BCUT2D eigenvalue weighted by Gasteiger charge is 2.00. The Hall–Kier alpha value is -1.06. The van der Waals surface area contributed by atoms with Gasteiger partial charge in [-0.3, -0.25) is 0 Å². The summed E-state index contributed by atoms with van der Waals surface area (Å²) in [5.74, 6) is 0.960. The van der Waals surface area contributed by atoms with E-state index in [9.17, 15) is 0 Å². The van der Waals surface area contributed by atoms with Crippen molar-refractivity contribution in [2.45, 2.75) is 45.7 Å². The van der Waals surface area contributed by atoms with Crippen LogP contribution in [0, 0.1) is 0 Å². The Kier molecular flexibility index (Phi) is 7.46. The summed E-state index contributed by atoms with van der Waals surface area (Å²) < 4.78 is 5.63. The summed E-state index contributed by atoms with van der Waals surface area (Å²) in [6.07, 6.45) is 3.29. The molecule has 0 aliphatic heterocycles. The second-order valence-corrected chi connectivity index (χ2v) is 4.71. The minimum atomic E-state index is 0.468. The molecule has 0 aliphatic rings. The number of hydrogen-bond acceptors (Lipinski definition) is 3. The predicted molar refractivity (Wildman–Crippen MR) is 76.8 cm³/mol. The van der Waals surface area contributed by atoms with Crippen LogP contribution in [0.5, 0.6) is 5.75 Å². The van der Waals surface area contributed by atoms with Gasteiger partial charge in [-0.2, -0.15) is 0 Å². The summed E-state index contributed by atoms with van der Waals surface area (Å²) in [6, 6.07) is 8.78. The van der Waals surface area contributed by atoms with Crippen molar-refractivity contribution in [1.82, 2.24) is 5.32 Å². The van der Waals surface area contributed by atoms with E-state index in [1.807, 2.05) is 12.1 Å². The first-order chi connectivity index (χ1) is 8.76. The molecule has 0 amide bonds. The van der Waals surface area contributed by atoms with Crippen molar-refractivity contribution in [3.63, 3.8) is 0 Å². The number of unbranched alkanes of at least 4 members (excludes halogenated alkanes) is 1. The Morgan fingerprint density at radius 2 is 2.00 bits per heavy atom. The van der Waals surface area contributed by atoms with Crippen LogP contribution >= 0.6 is 0 Å².